The normalized spacial score (nSPS) is 11.8. The lowest BCUT2D eigenvalue weighted by Gasteiger charge is -2.10. The predicted molar refractivity (Wildman–Crippen MR) is 119 cm³/mol. The monoisotopic (exact) mass is 453 g/mol. The van der Waals surface area contributed by atoms with Gasteiger partial charge in [-0.05, 0) is 48.4 Å². The second-order valence-electron chi connectivity index (χ2n) is 6.89. The fourth-order valence-electron chi connectivity index (χ4n) is 3.05. The van der Waals surface area contributed by atoms with Gasteiger partial charge in [0.05, 0.1) is 11.3 Å². The number of hydrogen-bond acceptors (Lipinski definition) is 6. The van der Waals surface area contributed by atoms with Crippen LogP contribution in [0.25, 0.3) is 0 Å². The second-order valence-corrected chi connectivity index (χ2v) is 7.86. The van der Waals surface area contributed by atoms with Gasteiger partial charge in [0.25, 0.3) is 5.91 Å². The highest BCUT2D eigenvalue weighted by atomic mass is 32.2. The molecule has 2 amide bonds. The van der Waals surface area contributed by atoms with Gasteiger partial charge < -0.3 is 20.1 Å². The SMILES string of the molecule is O=C(CSc1ncccc1C(=O)NCCc1ccc(F)cc1)Nc1ccc2c(c1)OCO2. The Morgan fingerprint density at radius 2 is 1.88 bits per heavy atom. The lowest BCUT2D eigenvalue weighted by Crippen LogP contribution is -2.26. The summed E-state index contributed by atoms with van der Waals surface area (Å²) in [6, 6.07) is 14.7. The Labute approximate surface area is 188 Å². The standard InChI is InChI=1S/C23H20FN3O4S/c24-16-5-3-15(4-6-16)9-11-25-22(29)18-2-1-10-26-23(18)32-13-21(28)27-17-7-8-19-20(12-17)31-14-30-19/h1-8,10,12H,9,11,13-14H2,(H,25,29)(H,27,28). The number of nitrogens with one attached hydrogen (secondary N) is 2. The molecule has 2 aromatic carbocycles. The molecule has 164 valence electrons. The molecule has 0 unspecified atom stereocenters. The summed E-state index contributed by atoms with van der Waals surface area (Å²) in [5.74, 6) is 0.501. The van der Waals surface area contributed by atoms with Crippen LogP contribution in [0.4, 0.5) is 10.1 Å². The van der Waals surface area contributed by atoms with Crippen LogP contribution in [0.15, 0.2) is 65.8 Å². The highest BCUT2D eigenvalue weighted by Crippen LogP contribution is 2.34. The van der Waals surface area contributed by atoms with Crippen LogP contribution in [-0.4, -0.2) is 35.9 Å². The van der Waals surface area contributed by atoms with Gasteiger partial charge in [-0.15, -0.1) is 0 Å². The maximum Gasteiger partial charge on any atom is 0.254 e. The van der Waals surface area contributed by atoms with Gasteiger partial charge in [-0.1, -0.05) is 23.9 Å². The number of pyridine rings is 1. The van der Waals surface area contributed by atoms with Gasteiger partial charge in [0, 0.05) is 24.5 Å². The summed E-state index contributed by atoms with van der Waals surface area (Å²) in [6.07, 6.45) is 2.15. The molecule has 1 aliphatic rings. The Morgan fingerprint density at radius 1 is 1.06 bits per heavy atom. The highest BCUT2D eigenvalue weighted by Gasteiger charge is 2.16. The molecule has 0 aliphatic carbocycles. The third-order valence-corrected chi connectivity index (χ3v) is 5.63. The first kappa shape index (κ1) is 21.6. The number of halogens is 1. The fourth-order valence-corrected chi connectivity index (χ4v) is 3.84. The molecular weight excluding hydrogens is 433 g/mol. The van der Waals surface area contributed by atoms with Gasteiger partial charge in [0.1, 0.15) is 10.8 Å². The molecular formula is C23H20FN3O4S. The largest absolute Gasteiger partial charge is 0.454 e. The van der Waals surface area contributed by atoms with Gasteiger partial charge in [-0.3, -0.25) is 9.59 Å². The summed E-state index contributed by atoms with van der Waals surface area (Å²) < 4.78 is 23.6. The third kappa shape index (κ3) is 5.55. The van der Waals surface area contributed by atoms with Crippen molar-refractivity contribution >= 4 is 29.3 Å². The molecule has 1 aliphatic heterocycles. The number of ether oxygens (including phenoxy) is 2. The van der Waals surface area contributed by atoms with E-state index in [4.69, 9.17) is 9.47 Å². The highest BCUT2D eigenvalue weighted by molar-refractivity contribution is 8.00. The molecule has 1 aromatic heterocycles. The van der Waals surface area contributed by atoms with Crippen molar-refractivity contribution in [1.82, 2.24) is 10.3 Å². The van der Waals surface area contributed by atoms with Gasteiger partial charge in [-0.25, -0.2) is 9.37 Å². The van der Waals surface area contributed by atoms with Gasteiger partial charge in [0.15, 0.2) is 11.5 Å². The van der Waals surface area contributed by atoms with Crippen LogP contribution in [0, 0.1) is 5.82 Å². The molecule has 0 saturated carbocycles. The number of nitrogens with zero attached hydrogens (tertiary/aromatic N) is 1. The van der Waals surface area contributed by atoms with E-state index in [1.54, 1.807) is 48.7 Å². The molecule has 32 heavy (non-hydrogen) atoms. The molecule has 2 heterocycles. The Kier molecular flexibility index (Phi) is 6.86. The topological polar surface area (TPSA) is 89.6 Å². The molecule has 7 nitrogen and oxygen atoms in total. The van der Waals surface area contributed by atoms with E-state index in [1.807, 2.05) is 0 Å². The Morgan fingerprint density at radius 3 is 2.72 bits per heavy atom. The zero-order valence-corrected chi connectivity index (χ0v) is 17.8. The maximum atomic E-state index is 13.0. The zero-order valence-electron chi connectivity index (χ0n) is 17.0. The Balaban J connectivity index is 1.30. The van der Waals surface area contributed by atoms with E-state index in [0.29, 0.717) is 40.7 Å². The molecule has 9 heteroatoms. The average molecular weight is 453 g/mol. The number of carbonyl (C=O) groups is 2. The van der Waals surface area contributed by atoms with Crippen molar-refractivity contribution in [3.8, 4) is 11.5 Å². The van der Waals surface area contributed by atoms with E-state index in [1.165, 1.54) is 23.9 Å². The number of carbonyl (C=O) groups excluding carboxylic acids is 2. The van der Waals surface area contributed by atoms with Crippen molar-refractivity contribution in [2.24, 2.45) is 0 Å². The molecule has 0 fully saturated rings. The first-order valence-electron chi connectivity index (χ1n) is 9.88. The number of amides is 2. The number of thioether (sulfide) groups is 1. The summed E-state index contributed by atoms with van der Waals surface area (Å²) in [7, 11) is 0. The van der Waals surface area contributed by atoms with E-state index in [-0.39, 0.29) is 30.2 Å². The Hall–Kier alpha value is -3.59. The van der Waals surface area contributed by atoms with Gasteiger partial charge in [-0.2, -0.15) is 0 Å². The van der Waals surface area contributed by atoms with Crippen LogP contribution < -0.4 is 20.1 Å². The maximum absolute atomic E-state index is 13.0. The molecule has 0 radical (unpaired) electrons. The first-order chi connectivity index (χ1) is 15.6. The zero-order chi connectivity index (χ0) is 22.3. The smallest absolute Gasteiger partial charge is 0.254 e. The fraction of sp³-hybridized carbons (Fsp3) is 0.174. The van der Waals surface area contributed by atoms with Crippen molar-refractivity contribution in [3.63, 3.8) is 0 Å². The van der Waals surface area contributed by atoms with Crippen LogP contribution in [-0.2, 0) is 11.2 Å². The number of anilines is 1. The first-order valence-corrected chi connectivity index (χ1v) is 10.9. The second kappa shape index (κ2) is 10.1. The van der Waals surface area contributed by atoms with E-state index in [2.05, 4.69) is 15.6 Å². The summed E-state index contributed by atoms with van der Waals surface area (Å²) in [6.45, 7) is 0.561. The number of fused-ring (bicyclic) bond motifs is 1. The number of benzene rings is 2. The summed E-state index contributed by atoms with van der Waals surface area (Å²) >= 11 is 1.18. The van der Waals surface area contributed by atoms with Crippen LogP contribution in [0.5, 0.6) is 11.5 Å². The molecule has 2 N–H and O–H groups in total. The quantitative estimate of drug-likeness (QED) is 0.506. The van der Waals surface area contributed by atoms with Gasteiger partial charge >= 0.3 is 0 Å². The number of hydrogen-bond donors (Lipinski definition) is 2. The molecule has 3 aromatic rings. The minimum atomic E-state index is -0.294. The Bertz CT molecular complexity index is 1120. The number of aromatic nitrogens is 1. The lowest BCUT2D eigenvalue weighted by atomic mass is 10.1. The van der Waals surface area contributed by atoms with Crippen LogP contribution in [0.1, 0.15) is 15.9 Å². The van der Waals surface area contributed by atoms with Crippen LogP contribution >= 0.6 is 11.8 Å². The van der Waals surface area contributed by atoms with E-state index >= 15 is 0 Å². The van der Waals surface area contributed by atoms with Crippen LogP contribution in [0.3, 0.4) is 0 Å². The van der Waals surface area contributed by atoms with Crippen molar-refractivity contribution < 1.29 is 23.5 Å². The van der Waals surface area contributed by atoms with E-state index in [9.17, 15) is 14.0 Å². The van der Waals surface area contributed by atoms with E-state index < -0.39 is 0 Å². The molecule has 0 bridgehead atoms. The predicted octanol–water partition coefficient (Wildman–Crippen LogP) is 3.65. The van der Waals surface area contributed by atoms with Crippen molar-refractivity contribution in [1.29, 1.82) is 0 Å². The van der Waals surface area contributed by atoms with Crippen molar-refractivity contribution in [2.45, 2.75) is 11.4 Å². The van der Waals surface area contributed by atoms with Crippen LogP contribution in [0.2, 0.25) is 0 Å². The van der Waals surface area contributed by atoms with E-state index in [0.717, 1.165) is 5.56 Å². The van der Waals surface area contributed by atoms with Crippen molar-refractivity contribution in [2.75, 3.05) is 24.4 Å². The van der Waals surface area contributed by atoms with Crippen molar-refractivity contribution in [3.05, 3.63) is 77.7 Å². The number of rotatable bonds is 8. The molecule has 0 spiro atoms. The summed E-state index contributed by atoms with van der Waals surface area (Å²) in [4.78, 5) is 29.2. The average Bonchev–Trinajstić information content (AvgIpc) is 3.27. The summed E-state index contributed by atoms with van der Waals surface area (Å²) in [5, 5.41) is 6.10. The molecule has 0 saturated heterocycles. The third-order valence-electron chi connectivity index (χ3n) is 4.62. The lowest BCUT2D eigenvalue weighted by molar-refractivity contribution is -0.113. The van der Waals surface area contributed by atoms with Gasteiger partial charge in [0.2, 0.25) is 12.7 Å². The molecule has 4 rings (SSSR count). The summed E-state index contributed by atoms with van der Waals surface area (Å²) in [5.41, 5.74) is 1.92. The minimum Gasteiger partial charge on any atom is -0.454 e. The minimum absolute atomic E-state index is 0.0846. The molecule has 0 atom stereocenters.